The number of nitrogen functional groups attached to an aromatic ring is 1. The third-order valence-corrected chi connectivity index (χ3v) is 5.64. The summed E-state index contributed by atoms with van der Waals surface area (Å²) in [5.41, 5.74) is 18.5. The van der Waals surface area contributed by atoms with E-state index in [9.17, 15) is 0 Å². The monoisotopic (exact) mass is 396 g/mol. The molecule has 150 valence electrons. The number of nitrogens with two attached hydrogens (primary N) is 2. The number of piperidine rings is 1. The van der Waals surface area contributed by atoms with Gasteiger partial charge in [-0.2, -0.15) is 0 Å². The van der Waals surface area contributed by atoms with Gasteiger partial charge < -0.3 is 16.4 Å². The average Bonchev–Trinajstić information content (AvgIpc) is 2.79. The van der Waals surface area contributed by atoms with Gasteiger partial charge in [0.1, 0.15) is 5.69 Å². The molecule has 1 saturated heterocycles. The molecule has 30 heavy (non-hydrogen) atoms. The zero-order valence-electron chi connectivity index (χ0n) is 16.7. The second-order valence-electron chi connectivity index (χ2n) is 7.77. The number of benzene rings is 1. The first-order chi connectivity index (χ1) is 14.7. The summed E-state index contributed by atoms with van der Waals surface area (Å²) in [6, 6.07) is 18.2. The van der Waals surface area contributed by atoms with Gasteiger partial charge in [0.15, 0.2) is 0 Å². The van der Waals surface area contributed by atoms with Gasteiger partial charge in [-0.1, -0.05) is 30.3 Å². The molecular formula is C24H24N6. The minimum Gasteiger partial charge on any atom is -0.397 e. The summed E-state index contributed by atoms with van der Waals surface area (Å²) in [4.78, 5) is 16.3. The molecule has 4 N–H and O–H groups in total. The molecule has 1 aliphatic rings. The Morgan fingerprint density at radius 2 is 1.83 bits per heavy atom. The van der Waals surface area contributed by atoms with Crippen LogP contribution in [0.3, 0.4) is 0 Å². The van der Waals surface area contributed by atoms with Crippen molar-refractivity contribution in [2.45, 2.75) is 18.9 Å². The summed E-state index contributed by atoms with van der Waals surface area (Å²) in [6.45, 7) is 1.84. The fourth-order valence-electron chi connectivity index (χ4n) is 4.11. The topological polar surface area (TPSA) is 94.0 Å². The van der Waals surface area contributed by atoms with E-state index in [1.165, 1.54) is 0 Å². The lowest BCUT2D eigenvalue weighted by atomic mass is 10.0. The van der Waals surface area contributed by atoms with Gasteiger partial charge in [0.05, 0.1) is 28.8 Å². The molecule has 3 aromatic heterocycles. The van der Waals surface area contributed by atoms with Crippen molar-refractivity contribution in [2.75, 3.05) is 23.7 Å². The number of hydrogen-bond donors (Lipinski definition) is 2. The van der Waals surface area contributed by atoms with Crippen LogP contribution in [0.25, 0.3) is 33.5 Å². The number of hydrogen-bond acceptors (Lipinski definition) is 6. The van der Waals surface area contributed by atoms with E-state index in [2.05, 4.69) is 20.9 Å². The van der Waals surface area contributed by atoms with E-state index in [-0.39, 0.29) is 6.04 Å². The maximum Gasteiger partial charge on any atom is 0.112 e. The molecule has 0 aliphatic carbocycles. The van der Waals surface area contributed by atoms with Crippen LogP contribution in [-0.2, 0) is 0 Å². The van der Waals surface area contributed by atoms with Crippen molar-refractivity contribution in [3.63, 3.8) is 0 Å². The Labute approximate surface area is 175 Å². The largest absolute Gasteiger partial charge is 0.397 e. The first-order valence-corrected chi connectivity index (χ1v) is 10.3. The zero-order chi connectivity index (χ0) is 20.5. The highest BCUT2D eigenvalue weighted by Gasteiger charge is 2.20. The standard InChI is InChI=1S/C24H24N6/c25-17-7-4-12-30(15-17)23-10-11-27-22-14-28-21(13-18(22)23)24-19(26)8-9-20(29-24)16-5-2-1-3-6-16/h1-3,5-6,8-11,13-14,17H,4,7,12,15,25-26H2. The number of rotatable bonds is 3. The predicted molar refractivity (Wildman–Crippen MR) is 122 cm³/mol. The highest BCUT2D eigenvalue weighted by molar-refractivity contribution is 5.94. The minimum absolute atomic E-state index is 0.197. The van der Waals surface area contributed by atoms with Crippen LogP contribution in [-0.4, -0.2) is 34.1 Å². The summed E-state index contributed by atoms with van der Waals surface area (Å²) in [5, 5.41) is 1.04. The lowest BCUT2D eigenvalue weighted by molar-refractivity contribution is 0.507. The summed E-state index contributed by atoms with van der Waals surface area (Å²) < 4.78 is 0. The highest BCUT2D eigenvalue weighted by atomic mass is 15.2. The Morgan fingerprint density at radius 3 is 2.67 bits per heavy atom. The Bertz CT molecular complexity index is 1190. The van der Waals surface area contributed by atoms with E-state index in [4.69, 9.17) is 16.5 Å². The fourth-order valence-corrected chi connectivity index (χ4v) is 4.11. The molecule has 1 fully saturated rings. The van der Waals surface area contributed by atoms with Crippen molar-refractivity contribution in [3.05, 3.63) is 67.0 Å². The van der Waals surface area contributed by atoms with Gasteiger partial charge in [-0.05, 0) is 37.1 Å². The van der Waals surface area contributed by atoms with Crippen LogP contribution in [0.2, 0.25) is 0 Å². The van der Waals surface area contributed by atoms with Crippen molar-refractivity contribution in [2.24, 2.45) is 5.73 Å². The van der Waals surface area contributed by atoms with Crippen LogP contribution < -0.4 is 16.4 Å². The number of aromatic nitrogens is 3. The Hall–Kier alpha value is -3.51. The SMILES string of the molecule is Nc1ccc(-c2ccccc2)nc1-c1cc2c(N3CCCC(N)C3)ccnc2cn1. The smallest absolute Gasteiger partial charge is 0.112 e. The number of fused-ring (bicyclic) bond motifs is 1. The number of nitrogens with zero attached hydrogens (tertiary/aromatic N) is 4. The molecular weight excluding hydrogens is 372 g/mol. The van der Waals surface area contributed by atoms with Crippen molar-refractivity contribution in [1.29, 1.82) is 0 Å². The second-order valence-corrected chi connectivity index (χ2v) is 7.77. The molecule has 1 atom stereocenters. The van der Waals surface area contributed by atoms with E-state index in [0.29, 0.717) is 11.4 Å². The fraction of sp³-hybridized carbons (Fsp3) is 0.208. The van der Waals surface area contributed by atoms with Gasteiger partial charge >= 0.3 is 0 Å². The summed E-state index contributed by atoms with van der Waals surface area (Å²) in [5.74, 6) is 0. The van der Waals surface area contributed by atoms with Crippen LogP contribution >= 0.6 is 0 Å². The highest BCUT2D eigenvalue weighted by Crippen LogP contribution is 2.32. The number of anilines is 2. The van der Waals surface area contributed by atoms with Crippen LogP contribution in [0.4, 0.5) is 11.4 Å². The van der Waals surface area contributed by atoms with Crippen LogP contribution in [0.15, 0.2) is 67.0 Å². The van der Waals surface area contributed by atoms with Crippen molar-refractivity contribution >= 4 is 22.3 Å². The van der Waals surface area contributed by atoms with E-state index in [1.807, 2.05) is 54.7 Å². The molecule has 0 bridgehead atoms. The maximum absolute atomic E-state index is 6.30. The molecule has 1 aromatic carbocycles. The van der Waals surface area contributed by atoms with Crippen molar-refractivity contribution in [1.82, 2.24) is 15.0 Å². The molecule has 5 rings (SSSR count). The van der Waals surface area contributed by atoms with Gasteiger partial charge in [0.25, 0.3) is 0 Å². The van der Waals surface area contributed by atoms with Crippen molar-refractivity contribution in [3.8, 4) is 22.6 Å². The quantitative estimate of drug-likeness (QED) is 0.546. The lowest BCUT2D eigenvalue weighted by Gasteiger charge is -2.33. The molecule has 1 aliphatic heterocycles. The van der Waals surface area contributed by atoms with Gasteiger partial charge in [-0.25, -0.2) is 4.98 Å². The second kappa shape index (κ2) is 7.72. The molecule has 6 heteroatoms. The molecule has 0 radical (unpaired) electrons. The van der Waals surface area contributed by atoms with Gasteiger partial charge in [0.2, 0.25) is 0 Å². The van der Waals surface area contributed by atoms with Crippen molar-refractivity contribution < 1.29 is 0 Å². The molecule has 0 saturated carbocycles. The molecule has 1 unspecified atom stereocenters. The Morgan fingerprint density at radius 1 is 0.967 bits per heavy atom. The summed E-state index contributed by atoms with van der Waals surface area (Å²) >= 11 is 0. The molecule has 4 aromatic rings. The molecule has 0 spiro atoms. The molecule has 4 heterocycles. The van der Waals surface area contributed by atoms with Gasteiger partial charge in [0, 0.05) is 42.0 Å². The van der Waals surface area contributed by atoms with Crippen LogP contribution in [0.5, 0.6) is 0 Å². The minimum atomic E-state index is 0.197. The number of pyridine rings is 3. The average molecular weight is 396 g/mol. The third kappa shape index (κ3) is 3.46. The lowest BCUT2D eigenvalue weighted by Crippen LogP contribution is -2.42. The first kappa shape index (κ1) is 18.5. The predicted octanol–water partition coefficient (Wildman–Crippen LogP) is 3.87. The van der Waals surface area contributed by atoms with E-state index in [1.54, 1.807) is 6.20 Å². The summed E-state index contributed by atoms with van der Waals surface area (Å²) in [7, 11) is 0. The molecule has 0 amide bonds. The normalized spacial score (nSPS) is 16.7. The summed E-state index contributed by atoms with van der Waals surface area (Å²) in [6.07, 6.45) is 5.80. The van der Waals surface area contributed by atoms with Gasteiger partial charge in [-0.15, -0.1) is 0 Å². The van der Waals surface area contributed by atoms with E-state index in [0.717, 1.165) is 59.5 Å². The van der Waals surface area contributed by atoms with Crippen LogP contribution in [0, 0.1) is 0 Å². The molecule has 6 nitrogen and oxygen atoms in total. The maximum atomic E-state index is 6.30. The van der Waals surface area contributed by atoms with E-state index >= 15 is 0 Å². The zero-order valence-corrected chi connectivity index (χ0v) is 16.7. The van der Waals surface area contributed by atoms with E-state index < -0.39 is 0 Å². The Balaban J connectivity index is 1.61. The third-order valence-electron chi connectivity index (χ3n) is 5.64. The van der Waals surface area contributed by atoms with Crippen LogP contribution in [0.1, 0.15) is 12.8 Å². The van der Waals surface area contributed by atoms with Gasteiger partial charge in [-0.3, -0.25) is 9.97 Å². The Kier molecular flexibility index (Phi) is 4.77. The first-order valence-electron chi connectivity index (χ1n) is 10.3.